The predicted molar refractivity (Wildman–Crippen MR) is 75.7 cm³/mol. The number of rotatable bonds is 3. The van der Waals surface area contributed by atoms with Crippen LogP contribution in [0.3, 0.4) is 0 Å². The van der Waals surface area contributed by atoms with Crippen LogP contribution in [-0.2, 0) is 0 Å². The lowest BCUT2D eigenvalue weighted by molar-refractivity contribution is 0.0698. The van der Waals surface area contributed by atoms with Gasteiger partial charge in [-0.2, -0.15) is 0 Å². The van der Waals surface area contributed by atoms with Crippen LogP contribution in [0.15, 0.2) is 12.1 Å². The molecule has 0 saturated heterocycles. The summed E-state index contributed by atoms with van der Waals surface area (Å²) >= 11 is 6.15. The van der Waals surface area contributed by atoms with Crippen molar-refractivity contribution in [1.29, 1.82) is 0 Å². The molecule has 4 nitrogen and oxygen atoms in total. The van der Waals surface area contributed by atoms with Crippen LogP contribution < -0.4 is 11.1 Å². The second kappa shape index (κ2) is 4.60. The zero-order valence-corrected chi connectivity index (χ0v) is 11.3. The Labute approximate surface area is 116 Å². The zero-order chi connectivity index (χ0) is 13.6. The Morgan fingerprint density at radius 3 is 2.74 bits per heavy atom. The van der Waals surface area contributed by atoms with E-state index >= 15 is 0 Å². The van der Waals surface area contributed by atoms with Gasteiger partial charge in [-0.25, -0.2) is 4.79 Å². The molecule has 0 aliphatic heterocycles. The molecule has 4 N–H and O–H groups in total. The average Bonchev–Trinajstić information content (AvgIpc) is 2.93. The number of halogens is 1. The molecule has 102 valence electrons. The Hall–Kier alpha value is -1.42. The number of nitrogen functional groups attached to an aromatic ring is 1. The Kier molecular flexibility index (Phi) is 3.05. The molecule has 1 aromatic carbocycles. The summed E-state index contributed by atoms with van der Waals surface area (Å²) in [5.41, 5.74) is 6.71. The third kappa shape index (κ3) is 2.25. The molecule has 2 fully saturated rings. The lowest BCUT2D eigenvalue weighted by Gasteiger charge is -2.25. The van der Waals surface area contributed by atoms with E-state index in [1.54, 1.807) is 6.07 Å². The summed E-state index contributed by atoms with van der Waals surface area (Å²) in [4.78, 5) is 11.3. The number of nitrogens with two attached hydrogens (primary N) is 1. The summed E-state index contributed by atoms with van der Waals surface area (Å²) in [5, 5.41) is 13.0. The molecular weight excluding hydrogens is 264 g/mol. The molecule has 2 aliphatic rings. The molecule has 3 atom stereocenters. The van der Waals surface area contributed by atoms with E-state index in [1.807, 2.05) is 0 Å². The summed E-state index contributed by atoms with van der Waals surface area (Å²) < 4.78 is 0. The van der Waals surface area contributed by atoms with Gasteiger partial charge in [0.1, 0.15) is 0 Å². The molecule has 0 aromatic heterocycles. The molecule has 0 heterocycles. The van der Waals surface area contributed by atoms with Crippen LogP contribution in [0.1, 0.15) is 36.0 Å². The number of carbonyl (C=O) groups is 1. The Bertz CT molecular complexity index is 532. The van der Waals surface area contributed by atoms with Crippen LogP contribution in [0.2, 0.25) is 5.02 Å². The van der Waals surface area contributed by atoms with E-state index in [0.717, 1.165) is 12.3 Å². The van der Waals surface area contributed by atoms with Crippen molar-refractivity contribution >= 4 is 28.9 Å². The van der Waals surface area contributed by atoms with Gasteiger partial charge in [0.05, 0.1) is 16.3 Å². The largest absolute Gasteiger partial charge is 0.478 e. The number of hydrogen-bond donors (Lipinski definition) is 3. The van der Waals surface area contributed by atoms with Crippen molar-refractivity contribution in [3.8, 4) is 0 Å². The Morgan fingerprint density at radius 1 is 1.37 bits per heavy atom. The zero-order valence-electron chi connectivity index (χ0n) is 10.5. The van der Waals surface area contributed by atoms with E-state index in [4.69, 9.17) is 17.3 Å². The first-order valence-corrected chi connectivity index (χ1v) is 7.01. The molecule has 0 amide bonds. The maximum absolute atomic E-state index is 11.3. The van der Waals surface area contributed by atoms with Gasteiger partial charge >= 0.3 is 5.97 Å². The van der Waals surface area contributed by atoms with Crippen LogP contribution in [-0.4, -0.2) is 17.1 Å². The monoisotopic (exact) mass is 280 g/mol. The first-order chi connectivity index (χ1) is 9.04. The van der Waals surface area contributed by atoms with E-state index in [2.05, 4.69) is 5.32 Å². The summed E-state index contributed by atoms with van der Waals surface area (Å²) in [6.07, 6.45) is 4.92. The van der Waals surface area contributed by atoms with E-state index in [0.29, 0.717) is 28.4 Å². The average molecular weight is 281 g/mol. The number of carboxylic acid groups (broad SMARTS) is 1. The van der Waals surface area contributed by atoms with Gasteiger partial charge in [-0.1, -0.05) is 18.0 Å². The molecule has 19 heavy (non-hydrogen) atoms. The minimum absolute atomic E-state index is 0.160. The highest BCUT2D eigenvalue weighted by atomic mass is 35.5. The molecule has 1 aromatic rings. The number of anilines is 2. The third-order valence-electron chi connectivity index (χ3n) is 4.41. The second-order valence-corrected chi connectivity index (χ2v) is 6.06. The number of aromatic carboxylic acids is 1. The summed E-state index contributed by atoms with van der Waals surface area (Å²) in [6.45, 7) is 0. The summed E-state index contributed by atoms with van der Waals surface area (Å²) in [7, 11) is 0. The molecule has 3 rings (SSSR count). The standard InChI is InChI=1S/C14H17ClN2O2/c15-11-6-9(16)5-10(14(18)19)13(11)17-12-4-7-1-2-8(12)3-7/h5-8,12,17H,1-4,16H2,(H,18,19). The smallest absolute Gasteiger partial charge is 0.337 e. The van der Waals surface area contributed by atoms with E-state index in [1.165, 1.54) is 25.3 Å². The van der Waals surface area contributed by atoms with Gasteiger partial charge in [0.15, 0.2) is 0 Å². The second-order valence-electron chi connectivity index (χ2n) is 5.66. The van der Waals surface area contributed by atoms with Gasteiger partial charge in [-0.15, -0.1) is 0 Å². The van der Waals surface area contributed by atoms with Gasteiger partial charge in [0, 0.05) is 11.7 Å². The highest BCUT2D eigenvalue weighted by Gasteiger charge is 2.40. The normalized spacial score (nSPS) is 28.6. The van der Waals surface area contributed by atoms with Crippen LogP contribution in [0.25, 0.3) is 0 Å². The first kappa shape index (κ1) is 12.6. The van der Waals surface area contributed by atoms with E-state index in [-0.39, 0.29) is 5.56 Å². The van der Waals surface area contributed by atoms with Gasteiger partial charge in [-0.3, -0.25) is 0 Å². The van der Waals surface area contributed by atoms with Crippen molar-refractivity contribution in [2.75, 3.05) is 11.1 Å². The number of fused-ring (bicyclic) bond motifs is 2. The fourth-order valence-electron chi connectivity index (χ4n) is 3.55. The minimum Gasteiger partial charge on any atom is -0.478 e. The maximum atomic E-state index is 11.3. The molecule has 0 spiro atoms. The van der Waals surface area contributed by atoms with Crippen molar-refractivity contribution in [3.63, 3.8) is 0 Å². The molecular formula is C14H17ClN2O2. The third-order valence-corrected chi connectivity index (χ3v) is 4.71. The molecule has 2 bridgehead atoms. The van der Waals surface area contributed by atoms with Gasteiger partial charge in [0.2, 0.25) is 0 Å². The summed E-state index contributed by atoms with van der Waals surface area (Å²) in [6, 6.07) is 3.41. The minimum atomic E-state index is -1.00. The topological polar surface area (TPSA) is 75.3 Å². The number of nitrogens with one attached hydrogen (secondary N) is 1. The van der Waals surface area contributed by atoms with Crippen LogP contribution in [0.5, 0.6) is 0 Å². The van der Waals surface area contributed by atoms with Crippen LogP contribution in [0, 0.1) is 11.8 Å². The summed E-state index contributed by atoms with van der Waals surface area (Å²) in [5.74, 6) is 0.448. The van der Waals surface area contributed by atoms with E-state index in [9.17, 15) is 9.90 Å². The highest BCUT2D eigenvalue weighted by molar-refractivity contribution is 6.34. The molecule has 0 radical (unpaired) electrons. The SMILES string of the molecule is Nc1cc(Cl)c(NC2CC3CCC2C3)c(C(=O)O)c1. The molecule has 2 aliphatic carbocycles. The van der Waals surface area contributed by atoms with Crippen molar-refractivity contribution in [2.24, 2.45) is 11.8 Å². The molecule has 3 unspecified atom stereocenters. The van der Waals surface area contributed by atoms with Crippen molar-refractivity contribution in [1.82, 2.24) is 0 Å². The molecule has 5 heteroatoms. The van der Waals surface area contributed by atoms with Gasteiger partial charge in [-0.05, 0) is 43.2 Å². The lowest BCUT2D eigenvalue weighted by Crippen LogP contribution is -2.27. The fourth-order valence-corrected chi connectivity index (χ4v) is 3.83. The Morgan fingerprint density at radius 2 is 2.16 bits per heavy atom. The maximum Gasteiger partial charge on any atom is 0.337 e. The van der Waals surface area contributed by atoms with Crippen molar-refractivity contribution in [2.45, 2.75) is 31.7 Å². The lowest BCUT2D eigenvalue weighted by atomic mass is 9.95. The van der Waals surface area contributed by atoms with Gasteiger partial charge in [0.25, 0.3) is 0 Å². The van der Waals surface area contributed by atoms with Crippen LogP contribution in [0.4, 0.5) is 11.4 Å². The molecule has 2 saturated carbocycles. The Balaban J connectivity index is 1.89. The van der Waals surface area contributed by atoms with Gasteiger partial charge < -0.3 is 16.2 Å². The van der Waals surface area contributed by atoms with Crippen molar-refractivity contribution in [3.05, 3.63) is 22.7 Å². The fraction of sp³-hybridized carbons (Fsp3) is 0.500. The quantitative estimate of drug-likeness (QED) is 0.743. The number of benzene rings is 1. The highest BCUT2D eigenvalue weighted by Crippen LogP contribution is 2.46. The van der Waals surface area contributed by atoms with E-state index < -0.39 is 5.97 Å². The number of hydrogen-bond acceptors (Lipinski definition) is 3. The predicted octanol–water partition coefficient (Wildman–Crippen LogP) is 3.22. The van der Waals surface area contributed by atoms with Crippen LogP contribution >= 0.6 is 11.6 Å². The van der Waals surface area contributed by atoms with Crippen molar-refractivity contribution < 1.29 is 9.90 Å². The number of carboxylic acids is 1. The first-order valence-electron chi connectivity index (χ1n) is 6.63.